The van der Waals surface area contributed by atoms with E-state index in [0.717, 1.165) is 42.5 Å². The summed E-state index contributed by atoms with van der Waals surface area (Å²) in [4.78, 5) is 7.86. The number of hydrogen-bond acceptors (Lipinski definition) is 3. The first kappa shape index (κ1) is 12.2. The molecule has 2 aromatic rings. The van der Waals surface area contributed by atoms with Crippen LogP contribution in [0.25, 0.3) is 11.3 Å². The third-order valence-electron chi connectivity index (χ3n) is 3.39. The lowest BCUT2D eigenvalue weighted by atomic mass is 10.1. The van der Waals surface area contributed by atoms with Crippen LogP contribution in [-0.2, 0) is 4.74 Å². The normalized spacial score (nSPS) is 18.7. The monoisotopic (exact) mass is 258 g/mol. The zero-order chi connectivity index (χ0) is 13.1. The van der Waals surface area contributed by atoms with Crippen LogP contribution in [0.3, 0.4) is 0 Å². The van der Waals surface area contributed by atoms with Crippen LogP contribution in [0.4, 0.5) is 0 Å². The van der Waals surface area contributed by atoms with Gasteiger partial charge in [-0.1, -0.05) is 0 Å². The van der Waals surface area contributed by atoms with Gasteiger partial charge in [-0.05, 0) is 43.2 Å². The van der Waals surface area contributed by atoms with Crippen molar-refractivity contribution in [3.05, 3.63) is 36.3 Å². The van der Waals surface area contributed by atoms with Crippen LogP contribution in [0, 0.1) is 0 Å². The predicted molar refractivity (Wildman–Crippen MR) is 73.4 cm³/mol. The lowest BCUT2D eigenvalue weighted by Crippen LogP contribution is -1.99. The van der Waals surface area contributed by atoms with E-state index in [2.05, 4.69) is 9.97 Å². The second kappa shape index (κ2) is 5.45. The molecule has 0 amide bonds. The molecule has 1 saturated heterocycles. The molecule has 100 valence electrons. The van der Waals surface area contributed by atoms with E-state index in [1.54, 1.807) is 0 Å². The molecule has 1 fully saturated rings. The van der Waals surface area contributed by atoms with E-state index in [0.29, 0.717) is 12.5 Å². The van der Waals surface area contributed by atoms with Crippen molar-refractivity contribution in [3.8, 4) is 17.0 Å². The van der Waals surface area contributed by atoms with E-state index < -0.39 is 0 Å². The minimum atomic E-state index is 0.413. The number of hydrogen-bond donors (Lipinski definition) is 1. The van der Waals surface area contributed by atoms with E-state index in [4.69, 9.17) is 9.47 Å². The summed E-state index contributed by atoms with van der Waals surface area (Å²) in [5.74, 6) is 2.34. The van der Waals surface area contributed by atoms with Gasteiger partial charge in [-0.2, -0.15) is 0 Å². The molecule has 1 aromatic carbocycles. The number of H-pyrrole nitrogens is 1. The molecule has 4 heteroatoms. The Hall–Kier alpha value is -1.81. The lowest BCUT2D eigenvalue weighted by molar-refractivity contribution is 0.193. The van der Waals surface area contributed by atoms with Gasteiger partial charge in [0.05, 0.1) is 25.1 Å². The second-order valence-corrected chi connectivity index (χ2v) is 4.70. The molecule has 0 bridgehead atoms. The van der Waals surface area contributed by atoms with Crippen molar-refractivity contribution in [2.75, 3.05) is 19.8 Å². The van der Waals surface area contributed by atoms with Crippen LogP contribution in [0.15, 0.2) is 30.5 Å². The van der Waals surface area contributed by atoms with E-state index >= 15 is 0 Å². The van der Waals surface area contributed by atoms with E-state index in [1.807, 2.05) is 37.4 Å². The average molecular weight is 258 g/mol. The fraction of sp³-hybridized carbons (Fsp3) is 0.400. The number of rotatable bonds is 4. The number of ether oxygens (including phenoxy) is 2. The zero-order valence-corrected chi connectivity index (χ0v) is 11.1. The summed E-state index contributed by atoms with van der Waals surface area (Å²) in [6.45, 7) is 4.29. The fourth-order valence-electron chi connectivity index (χ4n) is 2.34. The summed E-state index contributed by atoms with van der Waals surface area (Å²) in [5, 5.41) is 0. The van der Waals surface area contributed by atoms with Gasteiger partial charge in [-0.25, -0.2) is 4.98 Å². The summed E-state index contributed by atoms with van der Waals surface area (Å²) in [6.07, 6.45) is 2.94. The zero-order valence-electron chi connectivity index (χ0n) is 11.1. The molecule has 1 atom stereocenters. The largest absolute Gasteiger partial charge is 0.494 e. The van der Waals surface area contributed by atoms with Crippen LogP contribution in [0.5, 0.6) is 5.75 Å². The Morgan fingerprint density at radius 1 is 1.37 bits per heavy atom. The van der Waals surface area contributed by atoms with E-state index in [-0.39, 0.29) is 0 Å². The van der Waals surface area contributed by atoms with Gasteiger partial charge >= 0.3 is 0 Å². The van der Waals surface area contributed by atoms with Crippen LogP contribution in [0.1, 0.15) is 25.1 Å². The summed E-state index contributed by atoms with van der Waals surface area (Å²) in [7, 11) is 0. The highest BCUT2D eigenvalue weighted by Gasteiger charge is 2.20. The van der Waals surface area contributed by atoms with Crippen LogP contribution in [0.2, 0.25) is 0 Å². The quantitative estimate of drug-likeness (QED) is 0.917. The molecule has 2 heterocycles. The van der Waals surface area contributed by atoms with Crippen molar-refractivity contribution in [2.45, 2.75) is 19.3 Å². The first-order chi connectivity index (χ1) is 9.36. The predicted octanol–water partition coefficient (Wildman–Crippen LogP) is 2.98. The van der Waals surface area contributed by atoms with Crippen molar-refractivity contribution in [1.82, 2.24) is 9.97 Å². The smallest absolute Gasteiger partial charge is 0.119 e. The highest BCUT2D eigenvalue weighted by Crippen LogP contribution is 2.26. The Kier molecular flexibility index (Phi) is 3.51. The Morgan fingerprint density at radius 2 is 2.21 bits per heavy atom. The van der Waals surface area contributed by atoms with Gasteiger partial charge in [0.15, 0.2) is 0 Å². The first-order valence-electron chi connectivity index (χ1n) is 6.72. The molecule has 1 aliphatic rings. The summed E-state index contributed by atoms with van der Waals surface area (Å²) < 4.78 is 10.8. The maximum Gasteiger partial charge on any atom is 0.119 e. The Labute approximate surface area is 112 Å². The fourth-order valence-corrected chi connectivity index (χ4v) is 2.34. The molecule has 0 spiro atoms. The maximum absolute atomic E-state index is 5.44. The van der Waals surface area contributed by atoms with Crippen molar-refractivity contribution in [3.63, 3.8) is 0 Å². The number of benzene rings is 1. The van der Waals surface area contributed by atoms with Crippen molar-refractivity contribution >= 4 is 0 Å². The third-order valence-corrected chi connectivity index (χ3v) is 3.39. The van der Waals surface area contributed by atoms with Crippen LogP contribution in [-0.4, -0.2) is 29.8 Å². The Bertz CT molecular complexity index is 527. The number of imidazole rings is 1. The number of aromatic nitrogens is 2. The van der Waals surface area contributed by atoms with Crippen molar-refractivity contribution in [2.24, 2.45) is 0 Å². The number of nitrogens with one attached hydrogen (secondary N) is 1. The molecule has 0 aliphatic carbocycles. The molecule has 0 saturated carbocycles. The molecule has 1 N–H and O–H groups in total. The lowest BCUT2D eigenvalue weighted by Gasteiger charge is -2.04. The van der Waals surface area contributed by atoms with Gasteiger partial charge < -0.3 is 14.5 Å². The topological polar surface area (TPSA) is 47.1 Å². The van der Waals surface area contributed by atoms with E-state index in [9.17, 15) is 0 Å². The first-order valence-corrected chi connectivity index (χ1v) is 6.72. The minimum Gasteiger partial charge on any atom is -0.494 e. The molecule has 19 heavy (non-hydrogen) atoms. The number of nitrogens with zero attached hydrogens (tertiary/aromatic N) is 1. The highest BCUT2D eigenvalue weighted by atomic mass is 16.5. The minimum absolute atomic E-state index is 0.413. The third kappa shape index (κ3) is 2.63. The standard InChI is InChI=1S/C15H18N2O2/c1-2-19-13-5-3-11(4-6-13)14-9-16-15(17-14)12-7-8-18-10-12/h3-6,9,12H,2,7-8,10H2,1H3,(H,16,17). The van der Waals surface area contributed by atoms with Gasteiger partial charge in [0.1, 0.15) is 11.6 Å². The van der Waals surface area contributed by atoms with Crippen molar-refractivity contribution < 1.29 is 9.47 Å². The summed E-state index contributed by atoms with van der Waals surface area (Å²) in [5.41, 5.74) is 2.17. The molecule has 1 aromatic heterocycles. The molecule has 1 unspecified atom stereocenters. The highest BCUT2D eigenvalue weighted by molar-refractivity contribution is 5.59. The Balaban J connectivity index is 1.77. The number of aromatic amines is 1. The SMILES string of the molecule is CCOc1ccc(-c2cnc(C3CCOC3)[nH]2)cc1. The van der Waals surface area contributed by atoms with Crippen molar-refractivity contribution in [1.29, 1.82) is 0 Å². The summed E-state index contributed by atoms with van der Waals surface area (Å²) in [6, 6.07) is 8.07. The molecular formula is C15H18N2O2. The van der Waals surface area contributed by atoms with Crippen LogP contribution >= 0.6 is 0 Å². The van der Waals surface area contributed by atoms with Gasteiger partial charge in [-0.3, -0.25) is 0 Å². The maximum atomic E-state index is 5.44. The van der Waals surface area contributed by atoms with Gasteiger partial charge in [0.25, 0.3) is 0 Å². The molecule has 0 radical (unpaired) electrons. The second-order valence-electron chi connectivity index (χ2n) is 4.70. The van der Waals surface area contributed by atoms with Gasteiger partial charge in [0.2, 0.25) is 0 Å². The Morgan fingerprint density at radius 3 is 2.89 bits per heavy atom. The van der Waals surface area contributed by atoms with Gasteiger partial charge in [-0.15, -0.1) is 0 Å². The van der Waals surface area contributed by atoms with Crippen LogP contribution < -0.4 is 4.74 Å². The molecule has 4 nitrogen and oxygen atoms in total. The molecular weight excluding hydrogens is 240 g/mol. The molecule has 1 aliphatic heterocycles. The van der Waals surface area contributed by atoms with E-state index in [1.165, 1.54) is 0 Å². The summed E-state index contributed by atoms with van der Waals surface area (Å²) >= 11 is 0. The average Bonchev–Trinajstić information content (AvgIpc) is 3.11. The van der Waals surface area contributed by atoms with Gasteiger partial charge in [0, 0.05) is 12.5 Å². The molecule has 3 rings (SSSR count).